The molecular formula is C12H13ClN4O2S. The molecule has 0 bridgehead atoms. The molecule has 3 heterocycles. The molecule has 6 nitrogen and oxygen atoms in total. The van der Waals surface area contributed by atoms with E-state index in [1.54, 1.807) is 17.3 Å². The summed E-state index contributed by atoms with van der Waals surface area (Å²) in [6.45, 7) is 3.08. The number of nitrogens with zero attached hydrogens (tertiary/aromatic N) is 4. The lowest BCUT2D eigenvalue weighted by atomic mass is 9.98. The van der Waals surface area contributed by atoms with Crippen molar-refractivity contribution in [1.82, 2.24) is 20.0 Å². The van der Waals surface area contributed by atoms with Gasteiger partial charge in [0, 0.05) is 13.1 Å². The van der Waals surface area contributed by atoms with E-state index < -0.39 is 0 Å². The second kappa shape index (κ2) is 5.49. The van der Waals surface area contributed by atoms with Crippen molar-refractivity contribution in [3.05, 3.63) is 27.3 Å². The van der Waals surface area contributed by atoms with E-state index in [1.165, 1.54) is 11.3 Å². The van der Waals surface area contributed by atoms with Gasteiger partial charge in [-0.15, -0.1) is 11.3 Å². The van der Waals surface area contributed by atoms with E-state index in [9.17, 15) is 4.79 Å². The molecule has 1 fully saturated rings. The molecule has 0 saturated carbocycles. The maximum atomic E-state index is 12.4. The van der Waals surface area contributed by atoms with Gasteiger partial charge in [-0.05, 0) is 19.8 Å². The van der Waals surface area contributed by atoms with Crippen LogP contribution in [-0.4, -0.2) is 39.0 Å². The fraction of sp³-hybridized carbons (Fsp3) is 0.500. The van der Waals surface area contributed by atoms with E-state index in [1.807, 2.05) is 0 Å². The van der Waals surface area contributed by atoms with E-state index in [2.05, 4.69) is 15.1 Å². The topological polar surface area (TPSA) is 72.1 Å². The second-order valence-corrected chi connectivity index (χ2v) is 5.96. The predicted octanol–water partition coefficient (Wildman–Crippen LogP) is 2.51. The Bertz CT molecular complexity index is 627. The number of halogens is 1. The SMILES string of the molecule is Cc1noc([C@@H]2CCCN(C(=O)c3scnc3Cl)C2)n1. The molecule has 1 atom stereocenters. The highest BCUT2D eigenvalue weighted by atomic mass is 35.5. The van der Waals surface area contributed by atoms with E-state index in [0.717, 1.165) is 19.4 Å². The summed E-state index contributed by atoms with van der Waals surface area (Å²) < 4.78 is 5.21. The van der Waals surface area contributed by atoms with Gasteiger partial charge in [0.25, 0.3) is 5.91 Å². The zero-order chi connectivity index (χ0) is 14.1. The molecule has 106 valence electrons. The van der Waals surface area contributed by atoms with Gasteiger partial charge in [0.15, 0.2) is 11.0 Å². The standard InChI is InChI=1S/C12H13ClN4O2S/c1-7-15-11(19-16-7)8-3-2-4-17(5-8)12(18)9-10(13)14-6-20-9/h6,8H,2-5H2,1H3/t8-/m1/s1. The average Bonchev–Trinajstić information content (AvgIpc) is 3.07. The number of likely N-dealkylation sites (tertiary alicyclic amines) is 1. The summed E-state index contributed by atoms with van der Waals surface area (Å²) >= 11 is 7.19. The molecule has 1 aliphatic rings. The Hall–Kier alpha value is -1.47. The zero-order valence-corrected chi connectivity index (χ0v) is 12.4. The predicted molar refractivity (Wildman–Crippen MR) is 74.0 cm³/mol. The summed E-state index contributed by atoms with van der Waals surface area (Å²) in [5.74, 6) is 1.25. The first-order valence-corrected chi connectivity index (χ1v) is 7.59. The Kier molecular flexibility index (Phi) is 3.71. The van der Waals surface area contributed by atoms with Crippen LogP contribution in [0.15, 0.2) is 10.0 Å². The molecule has 2 aromatic heterocycles. The molecule has 1 amide bonds. The van der Waals surface area contributed by atoms with Gasteiger partial charge in [0.2, 0.25) is 5.89 Å². The summed E-state index contributed by atoms with van der Waals surface area (Å²) in [4.78, 5) is 22.9. The summed E-state index contributed by atoms with van der Waals surface area (Å²) in [5, 5.41) is 4.08. The number of thiazole rings is 1. The Morgan fingerprint density at radius 3 is 3.10 bits per heavy atom. The molecule has 0 aromatic carbocycles. The van der Waals surface area contributed by atoms with Crippen LogP contribution in [0.4, 0.5) is 0 Å². The van der Waals surface area contributed by atoms with Gasteiger partial charge >= 0.3 is 0 Å². The van der Waals surface area contributed by atoms with Gasteiger partial charge in [-0.3, -0.25) is 4.79 Å². The maximum Gasteiger partial charge on any atom is 0.267 e. The fourth-order valence-corrected chi connectivity index (χ4v) is 3.32. The van der Waals surface area contributed by atoms with Crippen LogP contribution in [0, 0.1) is 6.92 Å². The molecule has 0 radical (unpaired) electrons. The van der Waals surface area contributed by atoms with Crippen LogP contribution in [0.1, 0.15) is 40.1 Å². The van der Waals surface area contributed by atoms with Gasteiger partial charge in [-0.25, -0.2) is 4.98 Å². The van der Waals surface area contributed by atoms with Gasteiger partial charge in [0.1, 0.15) is 4.88 Å². The van der Waals surface area contributed by atoms with Crippen LogP contribution < -0.4 is 0 Å². The van der Waals surface area contributed by atoms with Crippen molar-refractivity contribution in [1.29, 1.82) is 0 Å². The Balaban J connectivity index is 1.75. The number of hydrogen-bond donors (Lipinski definition) is 0. The van der Waals surface area contributed by atoms with E-state index >= 15 is 0 Å². The number of aromatic nitrogens is 3. The molecule has 0 spiro atoms. The van der Waals surface area contributed by atoms with E-state index in [-0.39, 0.29) is 17.0 Å². The molecular weight excluding hydrogens is 300 g/mol. The molecule has 3 rings (SSSR count). The molecule has 8 heteroatoms. The van der Waals surface area contributed by atoms with Crippen LogP contribution in [0.3, 0.4) is 0 Å². The third-order valence-corrected chi connectivity index (χ3v) is 4.53. The number of carbonyl (C=O) groups is 1. The van der Waals surface area contributed by atoms with Gasteiger partial charge in [-0.2, -0.15) is 4.98 Å². The first-order chi connectivity index (χ1) is 9.65. The molecule has 1 aliphatic heterocycles. The third-order valence-electron chi connectivity index (χ3n) is 3.32. The first-order valence-electron chi connectivity index (χ1n) is 6.33. The van der Waals surface area contributed by atoms with Gasteiger partial charge in [-0.1, -0.05) is 16.8 Å². The van der Waals surface area contributed by atoms with Crippen molar-refractivity contribution in [2.24, 2.45) is 0 Å². The Morgan fingerprint density at radius 2 is 2.45 bits per heavy atom. The largest absolute Gasteiger partial charge is 0.339 e. The highest BCUT2D eigenvalue weighted by molar-refractivity contribution is 7.12. The molecule has 0 unspecified atom stereocenters. The van der Waals surface area contributed by atoms with Crippen molar-refractivity contribution in [3.63, 3.8) is 0 Å². The Morgan fingerprint density at radius 1 is 1.60 bits per heavy atom. The van der Waals surface area contributed by atoms with Gasteiger partial charge in [0.05, 0.1) is 11.4 Å². The fourth-order valence-electron chi connectivity index (χ4n) is 2.36. The average molecular weight is 313 g/mol. The minimum Gasteiger partial charge on any atom is -0.339 e. The molecule has 0 aliphatic carbocycles. The van der Waals surface area contributed by atoms with Crippen LogP contribution >= 0.6 is 22.9 Å². The zero-order valence-electron chi connectivity index (χ0n) is 10.9. The van der Waals surface area contributed by atoms with Crippen molar-refractivity contribution in [3.8, 4) is 0 Å². The summed E-state index contributed by atoms with van der Waals surface area (Å²) in [7, 11) is 0. The summed E-state index contributed by atoms with van der Waals surface area (Å²) in [6.07, 6.45) is 1.86. The quantitative estimate of drug-likeness (QED) is 0.852. The van der Waals surface area contributed by atoms with Crippen molar-refractivity contribution in [2.75, 3.05) is 13.1 Å². The van der Waals surface area contributed by atoms with Crippen molar-refractivity contribution >= 4 is 28.8 Å². The van der Waals surface area contributed by atoms with Crippen LogP contribution in [0.5, 0.6) is 0 Å². The van der Waals surface area contributed by atoms with Crippen LogP contribution in [0.25, 0.3) is 0 Å². The van der Waals surface area contributed by atoms with Crippen LogP contribution in [0.2, 0.25) is 5.15 Å². The molecule has 2 aromatic rings. The minimum absolute atomic E-state index is 0.0709. The molecule has 1 saturated heterocycles. The maximum absolute atomic E-state index is 12.4. The normalized spacial score (nSPS) is 19.3. The smallest absolute Gasteiger partial charge is 0.267 e. The second-order valence-electron chi connectivity index (χ2n) is 4.74. The van der Waals surface area contributed by atoms with E-state index in [0.29, 0.717) is 23.1 Å². The minimum atomic E-state index is -0.0709. The molecule has 20 heavy (non-hydrogen) atoms. The lowest BCUT2D eigenvalue weighted by Crippen LogP contribution is -2.39. The number of rotatable bonds is 2. The lowest BCUT2D eigenvalue weighted by Gasteiger charge is -2.30. The highest BCUT2D eigenvalue weighted by Crippen LogP contribution is 2.28. The van der Waals surface area contributed by atoms with Crippen molar-refractivity contribution < 1.29 is 9.32 Å². The summed E-state index contributed by atoms with van der Waals surface area (Å²) in [5.41, 5.74) is 1.58. The van der Waals surface area contributed by atoms with Crippen LogP contribution in [-0.2, 0) is 0 Å². The van der Waals surface area contributed by atoms with E-state index in [4.69, 9.17) is 16.1 Å². The number of aryl methyl sites for hydroxylation is 1. The number of carbonyl (C=O) groups excluding carboxylic acids is 1. The highest BCUT2D eigenvalue weighted by Gasteiger charge is 2.30. The number of hydrogen-bond acceptors (Lipinski definition) is 6. The first kappa shape index (κ1) is 13.5. The lowest BCUT2D eigenvalue weighted by molar-refractivity contribution is 0.0700. The number of piperidine rings is 1. The monoisotopic (exact) mass is 312 g/mol. The number of amides is 1. The Labute approximate surface area is 124 Å². The molecule has 0 N–H and O–H groups in total. The van der Waals surface area contributed by atoms with Crippen molar-refractivity contribution in [2.45, 2.75) is 25.7 Å². The third kappa shape index (κ3) is 2.55. The van der Waals surface area contributed by atoms with Gasteiger partial charge < -0.3 is 9.42 Å². The summed E-state index contributed by atoms with van der Waals surface area (Å²) in [6, 6.07) is 0.